The molecule has 1 saturated carbocycles. The van der Waals surface area contributed by atoms with Crippen molar-refractivity contribution in [2.45, 2.75) is 57.9 Å². The second kappa shape index (κ2) is 5.60. The molecular weight excluding hydrogens is 287 g/mol. The average molecular weight is 309 g/mol. The van der Waals surface area contributed by atoms with Crippen molar-refractivity contribution in [3.05, 3.63) is 29.3 Å². The Morgan fingerprint density at radius 3 is 2.71 bits per heavy atom. The number of aromatic nitrogens is 2. The zero-order valence-electron chi connectivity index (χ0n) is 12.9. The van der Waals surface area contributed by atoms with Gasteiger partial charge in [0.05, 0.1) is 16.4 Å². The Morgan fingerprint density at radius 2 is 2.05 bits per heavy atom. The van der Waals surface area contributed by atoms with E-state index in [2.05, 4.69) is 16.5 Å². The summed E-state index contributed by atoms with van der Waals surface area (Å²) in [5.74, 6) is 1.28. The van der Waals surface area contributed by atoms with E-state index >= 15 is 0 Å². The quantitative estimate of drug-likeness (QED) is 0.666. The van der Waals surface area contributed by atoms with Gasteiger partial charge in [0, 0.05) is 12.1 Å². The summed E-state index contributed by atoms with van der Waals surface area (Å²) in [4.78, 5) is 4.61. The first-order chi connectivity index (χ1) is 9.99. The number of aryl methyl sites for hydroxylation is 1. The number of hydrogen-bond acceptors (Lipinski definition) is 1. The Kier molecular flexibility index (Phi) is 3.96. The van der Waals surface area contributed by atoms with E-state index in [0.29, 0.717) is 17.5 Å². The molecule has 3 rings (SSSR count). The van der Waals surface area contributed by atoms with E-state index in [1.807, 2.05) is 13.0 Å². The molecule has 3 unspecified atom stereocenters. The Labute approximate surface area is 130 Å². The van der Waals surface area contributed by atoms with Crippen LogP contribution in [0.4, 0.5) is 4.39 Å². The van der Waals surface area contributed by atoms with E-state index in [-0.39, 0.29) is 11.2 Å². The topological polar surface area (TPSA) is 17.8 Å². The molecular formula is C17H22ClFN2. The molecule has 0 radical (unpaired) electrons. The summed E-state index contributed by atoms with van der Waals surface area (Å²) in [5.41, 5.74) is 2.41. The van der Waals surface area contributed by atoms with Crippen LogP contribution in [-0.4, -0.2) is 9.55 Å². The van der Waals surface area contributed by atoms with Crippen molar-refractivity contribution in [2.75, 3.05) is 0 Å². The van der Waals surface area contributed by atoms with Crippen LogP contribution in [0.3, 0.4) is 0 Å². The number of halogens is 2. The van der Waals surface area contributed by atoms with Crippen LogP contribution < -0.4 is 0 Å². The van der Waals surface area contributed by atoms with E-state index in [9.17, 15) is 4.39 Å². The summed E-state index contributed by atoms with van der Waals surface area (Å²) in [6.07, 6.45) is 4.93. The molecule has 0 N–H and O–H groups in total. The summed E-state index contributed by atoms with van der Waals surface area (Å²) in [6, 6.07) is 3.88. The second-order valence-corrected chi connectivity index (χ2v) is 7.03. The third kappa shape index (κ3) is 2.57. The van der Waals surface area contributed by atoms with E-state index in [1.54, 1.807) is 6.92 Å². The number of hydrogen-bond donors (Lipinski definition) is 0. The first kappa shape index (κ1) is 14.8. The molecule has 0 bridgehead atoms. The van der Waals surface area contributed by atoms with Crippen molar-refractivity contribution in [2.24, 2.45) is 5.92 Å². The lowest BCUT2D eigenvalue weighted by Gasteiger charge is -2.32. The molecule has 1 aromatic heterocycles. The smallest absolute Gasteiger partial charge is 0.128 e. The summed E-state index contributed by atoms with van der Waals surface area (Å²) >= 11 is 6.35. The van der Waals surface area contributed by atoms with Crippen molar-refractivity contribution in [3.63, 3.8) is 0 Å². The maximum Gasteiger partial charge on any atom is 0.128 e. The van der Waals surface area contributed by atoms with E-state index < -0.39 is 0 Å². The lowest BCUT2D eigenvalue weighted by Crippen LogP contribution is -2.23. The molecule has 2 nitrogen and oxygen atoms in total. The van der Waals surface area contributed by atoms with Gasteiger partial charge in [-0.05, 0) is 44.2 Å². The minimum absolute atomic E-state index is 0.171. The van der Waals surface area contributed by atoms with Gasteiger partial charge in [-0.2, -0.15) is 0 Å². The van der Waals surface area contributed by atoms with Crippen LogP contribution in [0.25, 0.3) is 11.0 Å². The van der Waals surface area contributed by atoms with Crippen LogP contribution in [0.1, 0.15) is 62.3 Å². The minimum atomic E-state index is -0.197. The SMILES string of the molecule is Cc1cc2c(cc1F)nc(C(C)Cl)n2C1CCCCC1C. The molecule has 0 saturated heterocycles. The van der Waals surface area contributed by atoms with E-state index in [0.717, 1.165) is 23.3 Å². The van der Waals surface area contributed by atoms with Gasteiger partial charge in [0.1, 0.15) is 11.6 Å². The Bertz CT molecular complexity index is 662. The minimum Gasteiger partial charge on any atom is -0.323 e. The van der Waals surface area contributed by atoms with Gasteiger partial charge in [-0.15, -0.1) is 11.6 Å². The number of nitrogens with zero attached hydrogens (tertiary/aromatic N) is 2. The summed E-state index contributed by atoms with van der Waals surface area (Å²) < 4.78 is 16.1. The zero-order chi connectivity index (χ0) is 15.1. The Balaban J connectivity index is 2.22. The fourth-order valence-electron chi connectivity index (χ4n) is 3.55. The fraction of sp³-hybridized carbons (Fsp3) is 0.588. The Morgan fingerprint density at radius 1 is 1.33 bits per heavy atom. The van der Waals surface area contributed by atoms with Gasteiger partial charge in [-0.1, -0.05) is 19.8 Å². The van der Waals surface area contributed by atoms with Crippen LogP contribution in [0.2, 0.25) is 0 Å². The predicted octanol–water partition coefficient (Wildman–Crippen LogP) is 5.53. The van der Waals surface area contributed by atoms with Crippen molar-refractivity contribution in [3.8, 4) is 0 Å². The van der Waals surface area contributed by atoms with Gasteiger partial charge >= 0.3 is 0 Å². The van der Waals surface area contributed by atoms with Crippen LogP contribution >= 0.6 is 11.6 Å². The van der Waals surface area contributed by atoms with E-state index in [1.165, 1.54) is 25.3 Å². The third-order valence-corrected chi connectivity index (χ3v) is 4.95. The molecule has 0 amide bonds. The number of imidazole rings is 1. The maximum atomic E-state index is 13.8. The number of alkyl halides is 1. The lowest BCUT2D eigenvalue weighted by atomic mass is 9.85. The van der Waals surface area contributed by atoms with Crippen LogP contribution in [-0.2, 0) is 0 Å². The summed E-state index contributed by atoms with van der Waals surface area (Å²) in [7, 11) is 0. The average Bonchev–Trinajstić information content (AvgIpc) is 2.78. The van der Waals surface area contributed by atoms with Gasteiger partial charge in [-0.25, -0.2) is 9.37 Å². The molecule has 1 aromatic carbocycles. The largest absolute Gasteiger partial charge is 0.323 e. The highest BCUT2D eigenvalue weighted by atomic mass is 35.5. The molecule has 1 aliphatic carbocycles. The van der Waals surface area contributed by atoms with Crippen molar-refractivity contribution in [1.82, 2.24) is 9.55 Å². The highest BCUT2D eigenvalue weighted by Crippen LogP contribution is 2.39. The summed E-state index contributed by atoms with van der Waals surface area (Å²) in [5, 5.41) is -0.171. The fourth-order valence-corrected chi connectivity index (χ4v) is 3.70. The molecule has 1 fully saturated rings. The summed E-state index contributed by atoms with van der Waals surface area (Å²) in [6.45, 7) is 6.05. The second-order valence-electron chi connectivity index (χ2n) is 6.38. The first-order valence-electron chi connectivity index (χ1n) is 7.81. The standard InChI is InChI=1S/C17H22ClFN2/c1-10-6-4-5-7-15(10)21-16-8-11(2)13(19)9-14(16)20-17(21)12(3)18/h8-10,12,15H,4-7H2,1-3H3. The molecule has 1 heterocycles. The van der Waals surface area contributed by atoms with Gasteiger partial charge in [0.25, 0.3) is 0 Å². The molecule has 3 atom stereocenters. The zero-order valence-corrected chi connectivity index (χ0v) is 13.6. The van der Waals surface area contributed by atoms with Crippen molar-refractivity contribution < 1.29 is 4.39 Å². The molecule has 1 aliphatic rings. The van der Waals surface area contributed by atoms with Gasteiger partial charge in [0.2, 0.25) is 0 Å². The molecule has 2 aromatic rings. The maximum absolute atomic E-state index is 13.8. The molecule has 0 aliphatic heterocycles. The van der Waals surface area contributed by atoms with Crippen molar-refractivity contribution in [1.29, 1.82) is 0 Å². The van der Waals surface area contributed by atoms with Crippen LogP contribution in [0.15, 0.2) is 12.1 Å². The monoisotopic (exact) mass is 308 g/mol. The van der Waals surface area contributed by atoms with Crippen molar-refractivity contribution >= 4 is 22.6 Å². The molecule has 21 heavy (non-hydrogen) atoms. The van der Waals surface area contributed by atoms with Gasteiger partial charge in [-0.3, -0.25) is 0 Å². The molecule has 114 valence electrons. The number of rotatable bonds is 2. The highest BCUT2D eigenvalue weighted by Gasteiger charge is 2.28. The highest BCUT2D eigenvalue weighted by molar-refractivity contribution is 6.20. The molecule has 4 heteroatoms. The number of fused-ring (bicyclic) bond motifs is 1. The third-order valence-electron chi connectivity index (χ3n) is 4.75. The first-order valence-corrected chi connectivity index (χ1v) is 8.24. The van der Waals surface area contributed by atoms with Crippen LogP contribution in [0, 0.1) is 18.7 Å². The van der Waals surface area contributed by atoms with Gasteiger partial charge in [0.15, 0.2) is 0 Å². The molecule has 0 spiro atoms. The number of benzene rings is 1. The lowest BCUT2D eigenvalue weighted by molar-refractivity contribution is 0.257. The van der Waals surface area contributed by atoms with Gasteiger partial charge < -0.3 is 4.57 Å². The predicted molar refractivity (Wildman–Crippen MR) is 85.4 cm³/mol. The van der Waals surface area contributed by atoms with Crippen LogP contribution in [0.5, 0.6) is 0 Å². The Hall–Kier alpha value is -1.09. The normalized spacial score (nSPS) is 24.4. The van der Waals surface area contributed by atoms with E-state index in [4.69, 9.17) is 11.6 Å².